The molecule has 8 heteroatoms. The summed E-state index contributed by atoms with van der Waals surface area (Å²) in [4.78, 5) is 32.2. The first kappa shape index (κ1) is 15.5. The van der Waals surface area contributed by atoms with E-state index in [-0.39, 0.29) is 17.4 Å². The number of fused-ring (bicyclic) bond motifs is 1. The lowest BCUT2D eigenvalue weighted by Crippen LogP contribution is -2.12. The summed E-state index contributed by atoms with van der Waals surface area (Å²) in [6.45, 7) is 0. The van der Waals surface area contributed by atoms with E-state index in [1.54, 1.807) is 24.3 Å². The molecule has 2 aromatic heterocycles. The highest BCUT2D eigenvalue weighted by Gasteiger charge is 2.30. The maximum atomic E-state index is 11.8. The van der Waals surface area contributed by atoms with Crippen molar-refractivity contribution in [3.8, 4) is 11.6 Å². The molecular weight excluding hydrogens is 342 g/mol. The standard InChI is InChI=1S/C17H13N3O4S/c21-14(9-4-5-9)20-17-18-12-6-7-13(19-15(12)25-17)24-11-3-1-2-10(8-11)16(22)23/h1-3,6-9H,4-5H2,(H,22,23)(H,18,20,21). The second-order valence-corrected chi connectivity index (χ2v) is 6.67. The maximum absolute atomic E-state index is 11.8. The third-order valence-corrected chi connectivity index (χ3v) is 4.59. The highest BCUT2D eigenvalue weighted by Crippen LogP contribution is 2.32. The Bertz CT molecular complexity index is 981. The van der Waals surface area contributed by atoms with Crippen LogP contribution in [0.1, 0.15) is 23.2 Å². The lowest BCUT2D eigenvalue weighted by molar-refractivity contribution is -0.117. The molecule has 1 aromatic carbocycles. The van der Waals surface area contributed by atoms with Gasteiger partial charge in [-0.25, -0.2) is 14.8 Å². The molecule has 1 fully saturated rings. The van der Waals surface area contributed by atoms with Crippen LogP contribution in [0.25, 0.3) is 10.3 Å². The van der Waals surface area contributed by atoms with Crippen molar-refractivity contribution in [2.24, 2.45) is 5.92 Å². The fourth-order valence-electron chi connectivity index (χ4n) is 2.28. The molecule has 3 aromatic rings. The number of nitrogens with one attached hydrogen (secondary N) is 1. The first-order valence-electron chi connectivity index (χ1n) is 7.68. The van der Waals surface area contributed by atoms with Gasteiger partial charge in [0, 0.05) is 12.0 Å². The lowest BCUT2D eigenvalue weighted by atomic mass is 10.2. The summed E-state index contributed by atoms with van der Waals surface area (Å²) in [5.74, 6) is -0.189. The van der Waals surface area contributed by atoms with Gasteiger partial charge in [0.25, 0.3) is 0 Å². The number of carboxylic acids is 1. The van der Waals surface area contributed by atoms with E-state index >= 15 is 0 Å². The zero-order valence-electron chi connectivity index (χ0n) is 12.9. The molecule has 0 atom stereocenters. The predicted octanol–water partition coefficient (Wildman–Crippen LogP) is 3.53. The van der Waals surface area contributed by atoms with Crippen molar-refractivity contribution in [3.05, 3.63) is 42.0 Å². The first-order valence-corrected chi connectivity index (χ1v) is 8.50. The molecule has 0 spiro atoms. The molecule has 1 saturated carbocycles. The van der Waals surface area contributed by atoms with Crippen molar-refractivity contribution in [2.45, 2.75) is 12.8 Å². The minimum Gasteiger partial charge on any atom is -0.478 e. The van der Waals surface area contributed by atoms with Crippen LogP contribution >= 0.6 is 11.3 Å². The van der Waals surface area contributed by atoms with E-state index in [0.717, 1.165) is 12.8 Å². The van der Waals surface area contributed by atoms with Crippen LogP contribution in [-0.2, 0) is 4.79 Å². The summed E-state index contributed by atoms with van der Waals surface area (Å²) < 4.78 is 5.63. The molecule has 0 unspecified atom stereocenters. The number of ether oxygens (including phenoxy) is 1. The molecule has 25 heavy (non-hydrogen) atoms. The van der Waals surface area contributed by atoms with Gasteiger partial charge in [-0.1, -0.05) is 17.4 Å². The average Bonchev–Trinajstić information content (AvgIpc) is 3.36. The van der Waals surface area contributed by atoms with E-state index in [0.29, 0.717) is 27.1 Å². The fourth-order valence-corrected chi connectivity index (χ4v) is 3.11. The summed E-state index contributed by atoms with van der Waals surface area (Å²) in [7, 11) is 0. The van der Waals surface area contributed by atoms with E-state index in [4.69, 9.17) is 9.84 Å². The van der Waals surface area contributed by atoms with Crippen LogP contribution in [0.2, 0.25) is 0 Å². The molecule has 0 bridgehead atoms. The van der Waals surface area contributed by atoms with E-state index in [1.807, 2.05) is 0 Å². The SMILES string of the molecule is O=C(O)c1cccc(Oc2ccc3nc(NC(=O)C4CC4)sc3n2)c1. The molecule has 2 N–H and O–H groups in total. The third-order valence-electron chi connectivity index (χ3n) is 3.71. The molecular formula is C17H13N3O4S. The maximum Gasteiger partial charge on any atom is 0.335 e. The molecule has 1 aliphatic rings. The number of rotatable bonds is 5. The van der Waals surface area contributed by atoms with E-state index < -0.39 is 5.97 Å². The predicted molar refractivity (Wildman–Crippen MR) is 92.2 cm³/mol. The van der Waals surface area contributed by atoms with Crippen LogP contribution in [0.3, 0.4) is 0 Å². The largest absolute Gasteiger partial charge is 0.478 e. The molecule has 1 aliphatic carbocycles. The van der Waals surface area contributed by atoms with Gasteiger partial charge in [-0.05, 0) is 37.1 Å². The van der Waals surface area contributed by atoms with Crippen LogP contribution in [0, 0.1) is 5.92 Å². The first-order chi connectivity index (χ1) is 12.1. The van der Waals surface area contributed by atoms with Gasteiger partial charge in [-0.2, -0.15) is 0 Å². The van der Waals surface area contributed by atoms with Gasteiger partial charge in [-0.3, -0.25) is 4.79 Å². The number of carbonyl (C=O) groups is 2. The Hall–Kier alpha value is -3.00. The Morgan fingerprint density at radius 1 is 1.20 bits per heavy atom. The minimum absolute atomic E-state index is 0.000940. The number of hydrogen-bond donors (Lipinski definition) is 2. The van der Waals surface area contributed by atoms with Crippen molar-refractivity contribution in [1.29, 1.82) is 0 Å². The highest BCUT2D eigenvalue weighted by molar-refractivity contribution is 7.21. The van der Waals surface area contributed by atoms with Crippen LogP contribution in [0.15, 0.2) is 36.4 Å². The van der Waals surface area contributed by atoms with Crippen molar-refractivity contribution < 1.29 is 19.4 Å². The third kappa shape index (κ3) is 3.43. The second kappa shape index (κ2) is 6.14. The summed E-state index contributed by atoms with van der Waals surface area (Å²) in [5.41, 5.74) is 0.809. The number of pyridine rings is 1. The van der Waals surface area contributed by atoms with Gasteiger partial charge in [-0.15, -0.1) is 0 Å². The van der Waals surface area contributed by atoms with Gasteiger partial charge in [0.15, 0.2) is 5.13 Å². The summed E-state index contributed by atoms with van der Waals surface area (Å²) in [6, 6.07) is 9.60. The Morgan fingerprint density at radius 2 is 2.04 bits per heavy atom. The number of anilines is 1. The van der Waals surface area contributed by atoms with Gasteiger partial charge in [0.2, 0.25) is 11.8 Å². The number of aromatic carboxylic acids is 1. The Morgan fingerprint density at radius 3 is 2.80 bits per heavy atom. The van der Waals surface area contributed by atoms with Gasteiger partial charge in [0.05, 0.1) is 5.56 Å². The Balaban J connectivity index is 1.55. The molecule has 2 heterocycles. The lowest BCUT2D eigenvalue weighted by Gasteiger charge is -2.05. The fraction of sp³-hybridized carbons (Fsp3) is 0.176. The van der Waals surface area contributed by atoms with Crippen LogP contribution in [0.5, 0.6) is 11.6 Å². The number of hydrogen-bond acceptors (Lipinski definition) is 6. The van der Waals surface area contributed by atoms with Crippen LogP contribution in [0.4, 0.5) is 5.13 Å². The van der Waals surface area contributed by atoms with Gasteiger partial charge >= 0.3 is 5.97 Å². The molecule has 7 nitrogen and oxygen atoms in total. The summed E-state index contributed by atoms with van der Waals surface area (Å²) in [6.07, 6.45) is 1.87. The molecule has 0 saturated heterocycles. The topological polar surface area (TPSA) is 101 Å². The van der Waals surface area contributed by atoms with Crippen molar-refractivity contribution in [1.82, 2.24) is 9.97 Å². The molecule has 0 radical (unpaired) electrons. The molecule has 1 amide bonds. The Kier molecular flexibility index (Phi) is 3.81. The number of thiazole rings is 1. The number of amides is 1. The monoisotopic (exact) mass is 355 g/mol. The van der Waals surface area contributed by atoms with Crippen molar-refractivity contribution in [3.63, 3.8) is 0 Å². The van der Waals surface area contributed by atoms with Crippen LogP contribution in [-0.4, -0.2) is 27.0 Å². The van der Waals surface area contributed by atoms with Crippen molar-refractivity contribution in [2.75, 3.05) is 5.32 Å². The summed E-state index contributed by atoms with van der Waals surface area (Å²) >= 11 is 1.28. The van der Waals surface area contributed by atoms with Gasteiger partial charge in [0.1, 0.15) is 16.1 Å². The van der Waals surface area contributed by atoms with Crippen molar-refractivity contribution >= 4 is 38.7 Å². The summed E-state index contributed by atoms with van der Waals surface area (Å²) in [5, 5.41) is 12.3. The van der Waals surface area contributed by atoms with Crippen LogP contribution < -0.4 is 10.1 Å². The zero-order valence-corrected chi connectivity index (χ0v) is 13.7. The highest BCUT2D eigenvalue weighted by atomic mass is 32.1. The van der Waals surface area contributed by atoms with E-state index in [9.17, 15) is 9.59 Å². The number of aromatic nitrogens is 2. The number of nitrogens with zero attached hydrogens (tertiary/aromatic N) is 2. The quantitative estimate of drug-likeness (QED) is 0.726. The average molecular weight is 355 g/mol. The van der Waals surface area contributed by atoms with Gasteiger partial charge < -0.3 is 15.2 Å². The molecule has 0 aliphatic heterocycles. The second-order valence-electron chi connectivity index (χ2n) is 5.69. The number of carbonyl (C=O) groups excluding carboxylic acids is 1. The number of carboxylic acid groups (broad SMARTS) is 1. The normalized spacial score (nSPS) is 13.6. The Labute approximate surface area is 146 Å². The number of benzene rings is 1. The van der Waals surface area contributed by atoms with E-state index in [1.165, 1.54) is 23.5 Å². The molecule has 4 rings (SSSR count). The van der Waals surface area contributed by atoms with E-state index in [2.05, 4.69) is 15.3 Å². The zero-order chi connectivity index (χ0) is 17.4. The smallest absolute Gasteiger partial charge is 0.335 e. The minimum atomic E-state index is -1.02. The molecule has 126 valence electrons.